The number of amides is 1. The van der Waals surface area contributed by atoms with Crippen molar-refractivity contribution in [3.05, 3.63) is 51.7 Å². The second-order valence-corrected chi connectivity index (χ2v) is 3.67. The van der Waals surface area contributed by atoms with Crippen LogP contribution < -0.4 is 5.32 Å². The Bertz CT molecular complexity index is 653. The highest BCUT2D eigenvalue weighted by atomic mass is 19.1. The normalized spacial score (nSPS) is 10.2. The van der Waals surface area contributed by atoms with Crippen LogP contribution in [0, 0.1) is 22.9 Å². The van der Waals surface area contributed by atoms with Gasteiger partial charge < -0.3 is 9.84 Å². The van der Waals surface area contributed by atoms with Crippen molar-refractivity contribution in [3.8, 4) is 0 Å². The summed E-state index contributed by atoms with van der Waals surface area (Å²) in [7, 11) is 0. The van der Waals surface area contributed by atoms with Gasteiger partial charge in [-0.1, -0.05) is 5.16 Å². The van der Waals surface area contributed by atoms with Crippen molar-refractivity contribution >= 4 is 17.3 Å². The third kappa shape index (κ3) is 2.57. The Balaban J connectivity index is 2.34. The van der Waals surface area contributed by atoms with Crippen molar-refractivity contribution in [1.29, 1.82) is 0 Å². The summed E-state index contributed by atoms with van der Waals surface area (Å²) in [5, 5.41) is 16.6. The first kappa shape index (κ1) is 12.7. The number of nitrogens with one attached hydrogen (secondary N) is 1. The standard InChI is InChI=1S/C11H8FN3O4/c1-6-9(5-13-19-6)14-11(16)8-3-2-7(12)4-10(8)15(17)18/h2-5H,1H3,(H,14,16). The first-order valence-electron chi connectivity index (χ1n) is 5.15. The van der Waals surface area contributed by atoms with Crippen molar-refractivity contribution in [2.45, 2.75) is 6.92 Å². The quantitative estimate of drug-likeness (QED) is 0.678. The Morgan fingerprint density at radius 3 is 2.84 bits per heavy atom. The minimum absolute atomic E-state index is 0.244. The van der Waals surface area contributed by atoms with Gasteiger partial charge in [-0.05, 0) is 19.1 Å². The molecule has 1 N–H and O–H groups in total. The molecule has 1 heterocycles. The van der Waals surface area contributed by atoms with Gasteiger partial charge in [-0.2, -0.15) is 0 Å². The molecule has 0 saturated heterocycles. The number of hydrogen-bond acceptors (Lipinski definition) is 5. The van der Waals surface area contributed by atoms with Crippen LogP contribution in [0.2, 0.25) is 0 Å². The molecular formula is C11H8FN3O4. The monoisotopic (exact) mass is 265 g/mol. The molecule has 2 rings (SSSR count). The molecule has 0 fully saturated rings. The Morgan fingerprint density at radius 2 is 2.26 bits per heavy atom. The summed E-state index contributed by atoms with van der Waals surface area (Å²) < 4.78 is 17.7. The smallest absolute Gasteiger partial charge is 0.285 e. The van der Waals surface area contributed by atoms with Crippen LogP contribution in [0.3, 0.4) is 0 Å². The Hall–Kier alpha value is -2.77. The van der Waals surface area contributed by atoms with Gasteiger partial charge in [0.1, 0.15) is 17.1 Å². The zero-order chi connectivity index (χ0) is 14.0. The van der Waals surface area contributed by atoms with E-state index in [4.69, 9.17) is 4.52 Å². The molecule has 7 nitrogen and oxygen atoms in total. The molecule has 0 unspecified atom stereocenters. The fourth-order valence-corrected chi connectivity index (χ4v) is 1.46. The van der Waals surface area contributed by atoms with Crippen LogP contribution >= 0.6 is 0 Å². The van der Waals surface area contributed by atoms with Crippen molar-refractivity contribution in [3.63, 3.8) is 0 Å². The third-order valence-electron chi connectivity index (χ3n) is 2.40. The van der Waals surface area contributed by atoms with Crippen LogP contribution in [0.15, 0.2) is 28.9 Å². The maximum atomic E-state index is 13.0. The van der Waals surface area contributed by atoms with E-state index in [9.17, 15) is 19.3 Å². The minimum Gasteiger partial charge on any atom is -0.359 e. The van der Waals surface area contributed by atoms with E-state index in [1.165, 1.54) is 6.20 Å². The lowest BCUT2D eigenvalue weighted by Crippen LogP contribution is -2.14. The molecule has 1 aromatic carbocycles. The number of halogens is 1. The number of nitro groups is 1. The maximum Gasteiger partial charge on any atom is 0.285 e. The van der Waals surface area contributed by atoms with E-state index in [0.717, 1.165) is 12.1 Å². The lowest BCUT2D eigenvalue weighted by atomic mass is 10.1. The third-order valence-corrected chi connectivity index (χ3v) is 2.40. The van der Waals surface area contributed by atoms with E-state index in [1.807, 2.05) is 0 Å². The van der Waals surface area contributed by atoms with E-state index in [1.54, 1.807) is 6.92 Å². The van der Waals surface area contributed by atoms with E-state index in [-0.39, 0.29) is 5.56 Å². The van der Waals surface area contributed by atoms with Gasteiger partial charge in [-0.15, -0.1) is 0 Å². The summed E-state index contributed by atoms with van der Waals surface area (Å²) in [6.45, 7) is 1.57. The molecule has 0 atom stereocenters. The highest BCUT2D eigenvalue weighted by Gasteiger charge is 2.21. The zero-order valence-electron chi connectivity index (χ0n) is 9.71. The van der Waals surface area contributed by atoms with Gasteiger partial charge >= 0.3 is 0 Å². The van der Waals surface area contributed by atoms with E-state index < -0.39 is 22.3 Å². The molecule has 19 heavy (non-hydrogen) atoms. The minimum atomic E-state index is -0.821. The van der Waals surface area contributed by atoms with Crippen LogP contribution in [0.4, 0.5) is 15.8 Å². The molecule has 0 bridgehead atoms. The van der Waals surface area contributed by atoms with Crippen LogP contribution in [0.1, 0.15) is 16.1 Å². The maximum absolute atomic E-state index is 13.0. The number of rotatable bonds is 3. The molecule has 1 aromatic heterocycles. The number of nitro benzene ring substituents is 1. The molecule has 8 heteroatoms. The molecule has 0 spiro atoms. The molecule has 0 aliphatic carbocycles. The van der Waals surface area contributed by atoms with Gasteiger partial charge in [-0.3, -0.25) is 14.9 Å². The number of hydrogen-bond donors (Lipinski definition) is 1. The number of anilines is 1. The van der Waals surface area contributed by atoms with Gasteiger partial charge in [0.15, 0.2) is 5.76 Å². The van der Waals surface area contributed by atoms with E-state index in [2.05, 4.69) is 10.5 Å². The first-order valence-corrected chi connectivity index (χ1v) is 5.15. The Kier molecular flexibility index (Phi) is 3.23. The lowest BCUT2D eigenvalue weighted by molar-refractivity contribution is -0.385. The number of aromatic nitrogens is 1. The molecule has 0 aliphatic heterocycles. The van der Waals surface area contributed by atoms with Gasteiger partial charge in [0, 0.05) is 0 Å². The van der Waals surface area contributed by atoms with Gasteiger partial charge in [-0.25, -0.2) is 4.39 Å². The molecule has 2 aromatic rings. The second kappa shape index (κ2) is 4.84. The van der Waals surface area contributed by atoms with Gasteiger partial charge in [0.2, 0.25) is 0 Å². The van der Waals surface area contributed by atoms with Crippen LogP contribution in [-0.2, 0) is 0 Å². The van der Waals surface area contributed by atoms with Gasteiger partial charge in [0.25, 0.3) is 11.6 Å². The molecule has 0 saturated carbocycles. The second-order valence-electron chi connectivity index (χ2n) is 3.67. The first-order chi connectivity index (χ1) is 8.99. The average molecular weight is 265 g/mol. The predicted octanol–water partition coefficient (Wildman–Crippen LogP) is 2.28. The fourth-order valence-electron chi connectivity index (χ4n) is 1.46. The van der Waals surface area contributed by atoms with Crippen molar-refractivity contribution in [2.24, 2.45) is 0 Å². The van der Waals surface area contributed by atoms with Crippen LogP contribution in [0.5, 0.6) is 0 Å². The summed E-state index contributed by atoms with van der Waals surface area (Å²) in [6.07, 6.45) is 1.27. The fraction of sp³-hybridized carbons (Fsp3) is 0.0909. The highest BCUT2D eigenvalue weighted by molar-refractivity contribution is 6.07. The lowest BCUT2D eigenvalue weighted by Gasteiger charge is -2.04. The van der Waals surface area contributed by atoms with Crippen molar-refractivity contribution in [2.75, 3.05) is 5.32 Å². The van der Waals surface area contributed by atoms with E-state index >= 15 is 0 Å². The van der Waals surface area contributed by atoms with Crippen molar-refractivity contribution < 1.29 is 18.6 Å². The summed E-state index contributed by atoms with van der Waals surface area (Å²) in [6, 6.07) is 2.71. The number of carbonyl (C=O) groups is 1. The van der Waals surface area contributed by atoms with E-state index in [0.29, 0.717) is 17.5 Å². The van der Waals surface area contributed by atoms with Crippen LogP contribution in [-0.4, -0.2) is 16.0 Å². The van der Waals surface area contributed by atoms with Crippen molar-refractivity contribution in [1.82, 2.24) is 5.16 Å². The average Bonchev–Trinajstić information content (AvgIpc) is 2.74. The summed E-state index contributed by atoms with van der Waals surface area (Å²) >= 11 is 0. The number of carbonyl (C=O) groups excluding carboxylic acids is 1. The molecule has 1 amide bonds. The number of aryl methyl sites for hydroxylation is 1. The number of benzene rings is 1. The zero-order valence-corrected chi connectivity index (χ0v) is 9.71. The summed E-state index contributed by atoms with van der Waals surface area (Å²) in [4.78, 5) is 21.8. The molecule has 0 aliphatic rings. The Morgan fingerprint density at radius 1 is 1.53 bits per heavy atom. The molecule has 98 valence electrons. The van der Waals surface area contributed by atoms with Gasteiger partial charge in [0.05, 0.1) is 17.2 Å². The molecular weight excluding hydrogens is 257 g/mol. The topological polar surface area (TPSA) is 98.3 Å². The molecule has 0 radical (unpaired) electrons. The Labute approximate surface area is 106 Å². The summed E-state index contributed by atoms with van der Waals surface area (Å²) in [5.41, 5.74) is -0.553. The largest absolute Gasteiger partial charge is 0.359 e. The SMILES string of the molecule is Cc1oncc1NC(=O)c1ccc(F)cc1[N+](=O)[O-]. The highest BCUT2D eigenvalue weighted by Crippen LogP contribution is 2.22. The summed E-state index contributed by atoms with van der Waals surface area (Å²) in [5.74, 6) is -1.17. The predicted molar refractivity (Wildman–Crippen MR) is 62.2 cm³/mol. The van der Waals surface area contributed by atoms with Crippen LogP contribution in [0.25, 0.3) is 0 Å². The number of nitrogens with zero attached hydrogens (tertiary/aromatic N) is 2.